The highest BCUT2D eigenvalue weighted by molar-refractivity contribution is 6.34. The highest BCUT2D eigenvalue weighted by atomic mass is 35.5. The first-order chi connectivity index (χ1) is 14.0. The molecule has 11 heteroatoms. The molecule has 2 aromatic carbocycles. The van der Waals surface area contributed by atoms with Gasteiger partial charge in [0.1, 0.15) is 22.6 Å². The zero-order valence-corrected chi connectivity index (χ0v) is 18.1. The van der Waals surface area contributed by atoms with Gasteiger partial charge < -0.3 is 30.4 Å². The van der Waals surface area contributed by atoms with E-state index in [1.165, 1.54) is 52.5 Å². The van der Waals surface area contributed by atoms with Gasteiger partial charge >= 0.3 is 11.9 Å². The quantitative estimate of drug-likeness (QED) is 0.455. The summed E-state index contributed by atoms with van der Waals surface area (Å²) in [5.41, 5.74) is 6.34. The third-order valence-corrected chi connectivity index (χ3v) is 4.19. The number of halogens is 2. The molecule has 0 bridgehead atoms. The molecule has 0 aliphatic rings. The van der Waals surface area contributed by atoms with Gasteiger partial charge in [-0.1, -0.05) is 23.2 Å². The predicted octanol–water partition coefficient (Wildman–Crippen LogP) is 3.72. The zero-order chi connectivity index (χ0) is 23.0. The van der Waals surface area contributed by atoms with Crippen LogP contribution in [0.2, 0.25) is 10.0 Å². The molecule has 0 aromatic heterocycles. The Balaban J connectivity index is 0.000000311. The highest BCUT2D eigenvalue weighted by Crippen LogP contribution is 2.31. The first-order valence-corrected chi connectivity index (χ1v) is 8.91. The topological polar surface area (TPSA) is 137 Å². The van der Waals surface area contributed by atoms with E-state index in [0.717, 1.165) is 0 Å². The molecule has 0 radical (unpaired) electrons. The van der Waals surface area contributed by atoms with Crippen molar-refractivity contribution in [3.8, 4) is 11.5 Å². The molecule has 0 spiro atoms. The molecule has 0 aliphatic heterocycles. The Hall–Kier alpha value is -3.17. The van der Waals surface area contributed by atoms with E-state index < -0.39 is 11.9 Å². The molecule has 0 saturated carbocycles. The number of aromatic carboxylic acids is 1. The van der Waals surface area contributed by atoms with E-state index in [1.54, 1.807) is 0 Å². The van der Waals surface area contributed by atoms with Crippen LogP contribution in [-0.4, -0.2) is 44.3 Å². The summed E-state index contributed by atoms with van der Waals surface area (Å²) >= 11 is 11.6. The first-order valence-electron chi connectivity index (χ1n) is 8.15. The van der Waals surface area contributed by atoms with Gasteiger partial charge in [0.15, 0.2) is 0 Å². The number of benzene rings is 2. The number of rotatable bonds is 5. The summed E-state index contributed by atoms with van der Waals surface area (Å²) in [5, 5.41) is 11.7. The van der Waals surface area contributed by atoms with Crippen LogP contribution >= 0.6 is 23.2 Å². The van der Waals surface area contributed by atoms with Crippen molar-refractivity contribution in [3.05, 3.63) is 45.4 Å². The second-order valence-electron chi connectivity index (χ2n) is 5.58. The van der Waals surface area contributed by atoms with E-state index in [0.29, 0.717) is 11.4 Å². The van der Waals surface area contributed by atoms with Crippen LogP contribution < -0.4 is 20.5 Å². The average molecular weight is 459 g/mol. The van der Waals surface area contributed by atoms with E-state index in [-0.39, 0.29) is 38.6 Å². The highest BCUT2D eigenvalue weighted by Gasteiger charge is 2.16. The monoisotopic (exact) mass is 458 g/mol. The van der Waals surface area contributed by atoms with E-state index in [1.807, 2.05) is 0 Å². The van der Waals surface area contributed by atoms with Crippen LogP contribution in [0.1, 0.15) is 27.6 Å². The standard InChI is InChI=1S/C11H12ClNO4.C8H8ClNO3/c1-6(14)13-9-5-10(16-2)7(4-8(9)12)11(15)17-3;1-13-7-3-6(10)5(9)2-4(7)8(11)12/h4-5H,1-3H3,(H,13,14);2-3H,10H2,1H3,(H,11,12). The Kier molecular flexibility index (Phi) is 9.22. The van der Waals surface area contributed by atoms with Crippen molar-refractivity contribution in [2.45, 2.75) is 6.92 Å². The minimum Gasteiger partial charge on any atom is -0.496 e. The van der Waals surface area contributed by atoms with Gasteiger partial charge in [-0.05, 0) is 12.1 Å². The summed E-state index contributed by atoms with van der Waals surface area (Å²) in [5.74, 6) is -1.43. The van der Waals surface area contributed by atoms with Crippen molar-refractivity contribution in [2.75, 3.05) is 32.4 Å². The third kappa shape index (κ3) is 6.43. The van der Waals surface area contributed by atoms with Crippen molar-refractivity contribution in [1.82, 2.24) is 0 Å². The van der Waals surface area contributed by atoms with Gasteiger partial charge in [0.2, 0.25) is 5.91 Å². The lowest BCUT2D eigenvalue weighted by Crippen LogP contribution is -2.09. The number of carbonyl (C=O) groups excluding carboxylic acids is 2. The Labute approximate surface area is 182 Å². The Bertz CT molecular complexity index is 964. The summed E-state index contributed by atoms with van der Waals surface area (Å²) in [4.78, 5) is 33.0. The predicted molar refractivity (Wildman–Crippen MR) is 113 cm³/mol. The number of methoxy groups -OCH3 is 3. The summed E-state index contributed by atoms with van der Waals surface area (Å²) in [6, 6.07) is 5.50. The molecule has 0 atom stereocenters. The van der Waals surface area contributed by atoms with E-state index in [2.05, 4.69) is 10.1 Å². The Morgan fingerprint density at radius 3 is 1.93 bits per heavy atom. The number of carbonyl (C=O) groups is 3. The minimum atomic E-state index is -1.10. The molecule has 0 fully saturated rings. The fraction of sp³-hybridized carbons (Fsp3) is 0.211. The number of nitrogens with two attached hydrogens (primary N) is 1. The van der Waals surface area contributed by atoms with Crippen molar-refractivity contribution >= 4 is 52.4 Å². The van der Waals surface area contributed by atoms with E-state index in [4.69, 9.17) is 43.5 Å². The number of carboxylic acid groups (broad SMARTS) is 1. The first kappa shape index (κ1) is 24.9. The van der Waals surface area contributed by atoms with E-state index >= 15 is 0 Å². The van der Waals surface area contributed by atoms with Gasteiger partial charge in [0.05, 0.1) is 42.7 Å². The van der Waals surface area contributed by atoms with Crippen LogP contribution in [0.5, 0.6) is 11.5 Å². The van der Waals surface area contributed by atoms with Gasteiger partial charge in [0.25, 0.3) is 0 Å². The molecule has 9 nitrogen and oxygen atoms in total. The van der Waals surface area contributed by atoms with Gasteiger partial charge in [-0.2, -0.15) is 0 Å². The van der Waals surface area contributed by atoms with Crippen LogP contribution in [0, 0.1) is 0 Å². The molecule has 4 N–H and O–H groups in total. The van der Waals surface area contributed by atoms with Crippen LogP contribution in [-0.2, 0) is 9.53 Å². The van der Waals surface area contributed by atoms with Gasteiger partial charge in [-0.25, -0.2) is 9.59 Å². The fourth-order valence-electron chi connectivity index (χ4n) is 2.18. The summed E-state index contributed by atoms with van der Waals surface area (Å²) < 4.78 is 14.4. The third-order valence-electron chi connectivity index (χ3n) is 3.55. The van der Waals surface area contributed by atoms with Crippen LogP contribution in [0.25, 0.3) is 0 Å². The SMILES string of the molecule is COC(=O)c1cc(Cl)c(NC(C)=O)cc1OC.COc1cc(N)c(Cl)cc1C(=O)O. The van der Waals surface area contributed by atoms with Crippen molar-refractivity contribution < 1.29 is 33.7 Å². The second-order valence-corrected chi connectivity index (χ2v) is 6.40. The van der Waals surface area contributed by atoms with Gasteiger partial charge in [0, 0.05) is 19.1 Å². The number of nitrogen functional groups attached to an aromatic ring is 1. The molecular formula is C19H20Cl2N2O7. The number of ether oxygens (including phenoxy) is 3. The summed E-state index contributed by atoms with van der Waals surface area (Å²) in [7, 11) is 4.04. The summed E-state index contributed by atoms with van der Waals surface area (Å²) in [6.07, 6.45) is 0. The molecule has 1 amide bonds. The molecular weight excluding hydrogens is 439 g/mol. The largest absolute Gasteiger partial charge is 0.496 e. The number of carboxylic acids is 1. The molecule has 2 rings (SSSR count). The summed E-state index contributed by atoms with van der Waals surface area (Å²) in [6.45, 7) is 1.36. The molecule has 0 unspecified atom stereocenters. The number of hydrogen-bond acceptors (Lipinski definition) is 7. The van der Waals surface area contributed by atoms with Crippen molar-refractivity contribution in [1.29, 1.82) is 0 Å². The van der Waals surface area contributed by atoms with Crippen LogP contribution in [0.3, 0.4) is 0 Å². The number of amides is 1. The molecule has 0 heterocycles. The molecule has 2 aromatic rings. The minimum absolute atomic E-state index is 0.00157. The molecule has 30 heavy (non-hydrogen) atoms. The van der Waals surface area contributed by atoms with E-state index in [9.17, 15) is 14.4 Å². The zero-order valence-electron chi connectivity index (χ0n) is 16.5. The maximum Gasteiger partial charge on any atom is 0.341 e. The molecule has 0 saturated heterocycles. The van der Waals surface area contributed by atoms with Crippen LogP contribution in [0.15, 0.2) is 24.3 Å². The molecule has 0 aliphatic carbocycles. The smallest absolute Gasteiger partial charge is 0.341 e. The number of anilines is 2. The van der Waals surface area contributed by atoms with Crippen LogP contribution in [0.4, 0.5) is 11.4 Å². The lowest BCUT2D eigenvalue weighted by Gasteiger charge is -2.11. The molecule has 162 valence electrons. The van der Waals surface area contributed by atoms with Gasteiger partial charge in [-0.15, -0.1) is 0 Å². The van der Waals surface area contributed by atoms with Crippen molar-refractivity contribution in [2.24, 2.45) is 0 Å². The Morgan fingerprint density at radius 1 is 0.933 bits per heavy atom. The second kappa shape index (κ2) is 11.1. The number of hydrogen-bond donors (Lipinski definition) is 3. The number of esters is 1. The number of nitrogens with one attached hydrogen (secondary N) is 1. The Morgan fingerprint density at radius 2 is 1.47 bits per heavy atom. The van der Waals surface area contributed by atoms with Crippen molar-refractivity contribution in [3.63, 3.8) is 0 Å². The maximum absolute atomic E-state index is 11.4. The fourth-order valence-corrected chi connectivity index (χ4v) is 2.56. The normalized spacial score (nSPS) is 9.67. The average Bonchev–Trinajstić information content (AvgIpc) is 2.70. The lowest BCUT2D eigenvalue weighted by atomic mass is 10.1. The maximum atomic E-state index is 11.4. The lowest BCUT2D eigenvalue weighted by molar-refractivity contribution is -0.114. The van der Waals surface area contributed by atoms with Gasteiger partial charge in [-0.3, -0.25) is 4.79 Å².